The first kappa shape index (κ1) is 32.1. The van der Waals surface area contributed by atoms with E-state index < -0.39 is 47.8 Å². The molecule has 11 heteroatoms. The van der Waals surface area contributed by atoms with Crippen molar-refractivity contribution in [1.29, 1.82) is 0 Å². The Hall–Kier alpha value is -3.83. The number of halogens is 1. The summed E-state index contributed by atoms with van der Waals surface area (Å²) < 4.78 is 18.1. The van der Waals surface area contributed by atoms with Crippen molar-refractivity contribution in [2.75, 3.05) is 12.0 Å². The molecule has 0 bridgehead atoms. The first-order valence-corrected chi connectivity index (χ1v) is 14.8. The van der Waals surface area contributed by atoms with Crippen LogP contribution >= 0.6 is 15.9 Å². The number of methoxy groups -OCH3 is 1. The number of carbonyl (C=O) groups is 3. The molecule has 1 aliphatic rings. The normalized spacial score (nSPS) is 18.2. The van der Waals surface area contributed by atoms with Crippen LogP contribution in [0.4, 0.5) is 10.5 Å². The number of anilines is 1. The van der Waals surface area contributed by atoms with Crippen LogP contribution in [0.15, 0.2) is 53.0 Å². The van der Waals surface area contributed by atoms with E-state index in [1.807, 2.05) is 55.5 Å². The fraction of sp³-hybridized carbons (Fsp3) is 0.406. The van der Waals surface area contributed by atoms with Crippen LogP contribution in [0.2, 0.25) is 0 Å². The molecule has 230 valence electrons. The number of nitrogens with one attached hydrogen (secondary N) is 2. The third-order valence-corrected chi connectivity index (χ3v) is 7.54. The van der Waals surface area contributed by atoms with Gasteiger partial charge in [0, 0.05) is 10.0 Å². The van der Waals surface area contributed by atoms with Gasteiger partial charge in [0.25, 0.3) is 5.91 Å². The topological polar surface area (TPSA) is 126 Å². The minimum Gasteiger partial charge on any atom is -0.496 e. The monoisotopic (exact) mass is 655 g/mol. The Labute approximate surface area is 259 Å². The van der Waals surface area contributed by atoms with E-state index in [-0.39, 0.29) is 6.54 Å². The highest BCUT2D eigenvalue weighted by Crippen LogP contribution is 2.38. The van der Waals surface area contributed by atoms with Gasteiger partial charge < -0.3 is 34.9 Å². The number of aliphatic hydroxyl groups is 1. The Bertz CT molecular complexity index is 1540. The number of ether oxygens (including phenoxy) is 3. The van der Waals surface area contributed by atoms with Gasteiger partial charge in [0.1, 0.15) is 35.3 Å². The predicted octanol–water partition coefficient (Wildman–Crippen LogP) is 4.99. The maximum atomic E-state index is 14.3. The van der Waals surface area contributed by atoms with Crippen LogP contribution in [0.1, 0.15) is 45.7 Å². The van der Waals surface area contributed by atoms with E-state index >= 15 is 0 Å². The summed E-state index contributed by atoms with van der Waals surface area (Å²) in [6.07, 6.45) is -2.94. The molecule has 3 aromatic carbocycles. The Morgan fingerprint density at radius 3 is 2.51 bits per heavy atom. The highest BCUT2D eigenvalue weighted by atomic mass is 79.9. The van der Waals surface area contributed by atoms with Crippen LogP contribution < -0.4 is 25.0 Å². The number of hydrogen-bond donors (Lipinski definition) is 3. The Balaban J connectivity index is 1.72. The molecule has 0 saturated carbocycles. The molecule has 0 aromatic heterocycles. The lowest BCUT2D eigenvalue weighted by Crippen LogP contribution is -2.60. The number of nitrogens with zero attached hydrogens (tertiary/aromatic N) is 1. The van der Waals surface area contributed by atoms with Crippen LogP contribution in [0.5, 0.6) is 11.5 Å². The largest absolute Gasteiger partial charge is 0.496 e. The van der Waals surface area contributed by atoms with E-state index in [4.69, 9.17) is 14.2 Å². The van der Waals surface area contributed by atoms with Crippen molar-refractivity contribution in [1.82, 2.24) is 10.6 Å². The van der Waals surface area contributed by atoms with Crippen molar-refractivity contribution in [2.45, 2.75) is 78.0 Å². The van der Waals surface area contributed by atoms with Gasteiger partial charge in [-0.1, -0.05) is 34.1 Å². The highest BCUT2D eigenvalue weighted by molar-refractivity contribution is 9.10. The van der Waals surface area contributed by atoms with Gasteiger partial charge in [-0.3, -0.25) is 9.59 Å². The van der Waals surface area contributed by atoms with E-state index in [9.17, 15) is 19.5 Å². The van der Waals surface area contributed by atoms with E-state index in [1.54, 1.807) is 39.7 Å². The molecule has 0 saturated heterocycles. The summed E-state index contributed by atoms with van der Waals surface area (Å²) in [6, 6.07) is 12.7. The number of alkyl carbamates (subject to hydrolysis) is 1. The Morgan fingerprint density at radius 2 is 1.86 bits per heavy atom. The summed E-state index contributed by atoms with van der Waals surface area (Å²) in [7, 11) is 1.58. The number of carbonyl (C=O) groups excluding carboxylic acids is 3. The van der Waals surface area contributed by atoms with E-state index in [2.05, 4.69) is 26.6 Å². The molecule has 3 amide bonds. The molecule has 0 unspecified atom stereocenters. The highest BCUT2D eigenvalue weighted by Gasteiger charge is 2.40. The fourth-order valence-electron chi connectivity index (χ4n) is 4.98. The lowest BCUT2D eigenvalue weighted by atomic mass is 10.0. The van der Waals surface area contributed by atoms with Crippen LogP contribution in [0.25, 0.3) is 10.8 Å². The maximum absolute atomic E-state index is 14.3. The minimum absolute atomic E-state index is 0.121. The number of amides is 3. The Morgan fingerprint density at radius 1 is 1.14 bits per heavy atom. The van der Waals surface area contributed by atoms with Gasteiger partial charge in [0.15, 0.2) is 0 Å². The summed E-state index contributed by atoms with van der Waals surface area (Å²) in [5.74, 6) is -0.102. The summed E-state index contributed by atoms with van der Waals surface area (Å²) >= 11 is 3.52. The summed E-state index contributed by atoms with van der Waals surface area (Å²) in [5.41, 5.74) is 1.44. The molecule has 4 rings (SSSR count). The number of rotatable bonds is 7. The maximum Gasteiger partial charge on any atom is 0.408 e. The van der Waals surface area contributed by atoms with Crippen molar-refractivity contribution >= 4 is 50.3 Å². The number of aliphatic hydroxyl groups excluding tert-OH is 1. The van der Waals surface area contributed by atoms with Crippen molar-refractivity contribution in [3.8, 4) is 11.5 Å². The molecule has 0 radical (unpaired) electrons. The molecule has 0 fully saturated rings. The second kappa shape index (κ2) is 12.8. The quantitative estimate of drug-likeness (QED) is 0.327. The van der Waals surface area contributed by atoms with Gasteiger partial charge >= 0.3 is 6.09 Å². The van der Waals surface area contributed by atoms with Crippen LogP contribution in [0, 0.1) is 6.92 Å². The number of hydrogen-bond acceptors (Lipinski definition) is 7. The standard InChI is InChI=1S/C32H38BrN3O7/c1-17-8-12-24-26(14-17)42-19(3)28(34-29(38)27(18(2)37)35-31(40)43-32(4,5)6)30(39)36(24)16-23-22-11-10-21(33)15-20(22)9-13-25(23)41-7/h8-15,18-19,27-28,37H,16H2,1-7H3,(H,34,38)(H,35,40)/t18-,19-,27-,28-/m0/s1. The lowest BCUT2D eigenvalue weighted by Gasteiger charge is -2.29. The molecule has 3 aromatic rings. The van der Waals surface area contributed by atoms with Crippen molar-refractivity contribution < 1.29 is 33.7 Å². The zero-order chi connectivity index (χ0) is 31.6. The summed E-state index contributed by atoms with van der Waals surface area (Å²) in [5, 5.41) is 17.4. The third kappa shape index (κ3) is 7.40. The van der Waals surface area contributed by atoms with Gasteiger partial charge in [-0.15, -0.1) is 0 Å². The van der Waals surface area contributed by atoms with Crippen molar-refractivity contribution in [2.24, 2.45) is 0 Å². The van der Waals surface area contributed by atoms with Crippen LogP contribution in [0.3, 0.4) is 0 Å². The van der Waals surface area contributed by atoms with Crippen molar-refractivity contribution in [3.05, 3.63) is 64.1 Å². The molecule has 3 N–H and O–H groups in total. The molecular weight excluding hydrogens is 618 g/mol. The number of fused-ring (bicyclic) bond motifs is 2. The van der Waals surface area contributed by atoms with Gasteiger partial charge in [0.05, 0.1) is 25.4 Å². The first-order chi connectivity index (χ1) is 20.2. The number of benzene rings is 3. The van der Waals surface area contributed by atoms with Crippen LogP contribution in [-0.2, 0) is 20.9 Å². The van der Waals surface area contributed by atoms with Gasteiger partial charge in [-0.05, 0) is 88.2 Å². The second-order valence-corrected chi connectivity index (χ2v) is 12.6. The van der Waals surface area contributed by atoms with Gasteiger partial charge in [0.2, 0.25) is 5.91 Å². The molecule has 43 heavy (non-hydrogen) atoms. The SMILES string of the molecule is COc1ccc2cc(Br)ccc2c1CN1C(=O)[C@@H](NC(=O)[C@@H](NC(=O)OC(C)(C)C)[C@H](C)O)[C@H](C)Oc2cc(C)ccc21. The van der Waals surface area contributed by atoms with E-state index in [0.717, 1.165) is 26.4 Å². The van der Waals surface area contributed by atoms with E-state index in [0.29, 0.717) is 17.2 Å². The molecule has 0 spiro atoms. The number of aryl methyl sites for hydroxylation is 1. The minimum atomic E-state index is -1.38. The molecule has 4 atom stereocenters. The third-order valence-electron chi connectivity index (χ3n) is 7.04. The van der Waals surface area contributed by atoms with Crippen molar-refractivity contribution in [3.63, 3.8) is 0 Å². The average Bonchev–Trinajstić information content (AvgIpc) is 3.00. The molecule has 0 aliphatic carbocycles. The fourth-order valence-corrected chi connectivity index (χ4v) is 5.36. The Kier molecular flexibility index (Phi) is 9.56. The average molecular weight is 657 g/mol. The van der Waals surface area contributed by atoms with E-state index in [1.165, 1.54) is 6.92 Å². The predicted molar refractivity (Wildman–Crippen MR) is 167 cm³/mol. The molecule has 10 nitrogen and oxygen atoms in total. The zero-order valence-electron chi connectivity index (χ0n) is 25.4. The lowest BCUT2D eigenvalue weighted by molar-refractivity contribution is -0.132. The second-order valence-electron chi connectivity index (χ2n) is 11.7. The van der Waals surface area contributed by atoms with Crippen LogP contribution in [-0.4, -0.2) is 60.0 Å². The smallest absolute Gasteiger partial charge is 0.408 e. The molecule has 1 heterocycles. The summed E-state index contributed by atoms with van der Waals surface area (Å²) in [4.78, 5) is 41.8. The summed E-state index contributed by atoms with van der Waals surface area (Å²) in [6.45, 7) is 10.2. The zero-order valence-corrected chi connectivity index (χ0v) is 26.9. The first-order valence-electron chi connectivity index (χ1n) is 14.0. The van der Waals surface area contributed by atoms with Gasteiger partial charge in [-0.2, -0.15) is 0 Å². The molecule has 1 aliphatic heterocycles. The van der Waals surface area contributed by atoms with Gasteiger partial charge in [-0.25, -0.2) is 4.79 Å². The molecular formula is C32H38BrN3O7.